The van der Waals surface area contributed by atoms with Gasteiger partial charge in [-0.25, -0.2) is 0 Å². The van der Waals surface area contributed by atoms with Gasteiger partial charge in [-0.1, -0.05) is 26.0 Å². The lowest BCUT2D eigenvalue weighted by Gasteiger charge is -2.19. The maximum atomic E-state index is 4.00. The van der Waals surface area contributed by atoms with Crippen LogP contribution in [-0.2, 0) is 7.05 Å². The van der Waals surface area contributed by atoms with E-state index in [0.29, 0.717) is 6.04 Å². The number of hydrogen-bond donors (Lipinski definition) is 1. The van der Waals surface area contributed by atoms with E-state index in [4.69, 9.17) is 0 Å². The summed E-state index contributed by atoms with van der Waals surface area (Å²) in [6, 6.07) is 0.391. The summed E-state index contributed by atoms with van der Waals surface area (Å²) >= 11 is 0. The summed E-state index contributed by atoms with van der Waals surface area (Å²) < 4.78 is 1.87. The van der Waals surface area contributed by atoms with Crippen LogP contribution in [-0.4, -0.2) is 21.5 Å². The maximum absolute atomic E-state index is 4.00. The van der Waals surface area contributed by atoms with Crippen molar-refractivity contribution in [1.82, 2.24) is 20.3 Å². The highest BCUT2D eigenvalue weighted by atomic mass is 15.4. The molecule has 16 heavy (non-hydrogen) atoms. The molecule has 0 amide bonds. The van der Waals surface area contributed by atoms with Crippen molar-refractivity contribution in [2.75, 3.05) is 6.54 Å². The molecule has 1 heterocycles. The normalized spacial score (nSPS) is 13.3. The standard InChI is InChI=1S/C12H24N4/c1-5-8-13-11(7-6-10(2)3)12-9-14-15-16(12)4/h9-11,13H,5-8H2,1-4H3. The first kappa shape index (κ1) is 13.2. The Kier molecular flexibility index (Phi) is 5.46. The molecular formula is C12H24N4. The largest absolute Gasteiger partial charge is 0.309 e. The average molecular weight is 224 g/mol. The third-order valence-electron chi connectivity index (χ3n) is 2.78. The smallest absolute Gasteiger partial charge is 0.0753 e. The quantitative estimate of drug-likeness (QED) is 0.772. The first-order chi connectivity index (χ1) is 7.65. The van der Waals surface area contributed by atoms with Gasteiger partial charge in [-0.3, -0.25) is 4.68 Å². The van der Waals surface area contributed by atoms with Gasteiger partial charge in [-0.15, -0.1) is 5.10 Å². The van der Waals surface area contributed by atoms with Crippen LogP contribution >= 0.6 is 0 Å². The predicted molar refractivity (Wildman–Crippen MR) is 66.1 cm³/mol. The van der Waals surface area contributed by atoms with Gasteiger partial charge in [0, 0.05) is 7.05 Å². The topological polar surface area (TPSA) is 42.7 Å². The third-order valence-corrected chi connectivity index (χ3v) is 2.78. The number of hydrogen-bond acceptors (Lipinski definition) is 3. The predicted octanol–water partition coefficient (Wildman–Crippen LogP) is 2.29. The van der Waals surface area contributed by atoms with Gasteiger partial charge in [0.25, 0.3) is 0 Å². The molecule has 1 aromatic heterocycles. The fraction of sp³-hybridized carbons (Fsp3) is 0.833. The van der Waals surface area contributed by atoms with Gasteiger partial charge < -0.3 is 5.32 Å². The van der Waals surface area contributed by atoms with Crippen molar-refractivity contribution in [3.05, 3.63) is 11.9 Å². The summed E-state index contributed by atoms with van der Waals surface area (Å²) in [7, 11) is 1.96. The Bertz CT molecular complexity index is 293. The molecule has 0 aliphatic rings. The summed E-state index contributed by atoms with van der Waals surface area (Å²) in [6.07, 6.45) is 5.41. The molecule has 0 radical (unpaired) electrons. The van der Waals surface area contributed by atoms with Gasteiger partial charge in [-0.2, -0.15) is 0 Å². The number of aromatic nitrogens is 3. The van der Waals surface area contributed by atoms with Crippen molar-refractivity contribution in [2.45, 2.75) is 46.1 Å². The van der Waals surface area contributed by atoms with E-state index in [9.17, 15) is 0 Å². The highest BCUT2D eigenvalue weighted by Crippen LogP contribution is 2.19. The van der Waals surface area contributed by atoms with E-state index < -0.39 is 0 Å². The molecular weight excluding hydrogens is 200 g/mol. The molecule has 4 nitrogen and oxygen atoms in total. The lowest BCUT2D eigenvalue weighted by atomic mass is 10.0. The van der Waals surface area contributed by atoms with Crippen molar-refractivity contribution < 1.29 is 0 Å². The molecule has 92 valence electrons. The minimum Gasteiger partial charge on any atom is -0.309 e. The Morgan fingerprint density at radius 3 is 2.62 bits per heavy atom. The second kappa shape index (κ2) is 6.63. The van der Waals surface area contributed by atoms with Gasteiger partial charge in [0.15, 0.2) is 0 Å². The average Bonchev–Trinajstić information content (AvgIpc) is 2.65. The Labute approximate surface area is 98.4 Å². The zero-order valence-electron chi connectivity index (χ0n) is 10.9. The van der Waals surface area contributed by atoms with Gasteiger partial charge >= 0.3 is 0 Å². The van der Waals surface area contributed by atoms with Crippen LogP contribution in [0.4, 0.5) is 0 Å². The van der Waals surface area contributed by atoms with Crippen LogP contribution in [0, 0.1) is 5.92 Å². The molecule has 1 rings (SSSR count). The second-order valence-corrected chi connectivity index (χ2v) is 4.76. The molecule has 1 aromatic rings. The van der Waals surface area contributed by atoms with Crippen LogP contribution in [0.2, 0.25) is 0 Å². The lowest BCUT2D eigenvalue weighted by Crippen LogP contribution is -2.24. The van der Waals surface area contributed by atoms with E-state index in [-0.39, 0.29) is 0 Å². The molecule has 0 saturated heterocycles. The van der Waals surface area contributed by atoms with Crippen molar-refractivity contribution >= 4 is 0 Å². The molecule has 0 bridgehead atoms. The molecule has 0 aromatic carbocycles. The maximum Gasteiger partial charge on any atom is 0.0753 e. The molecule has 1 unspecified atom stereocenters. The van der Waals surface area contributed by atoms with Crippen LogP contribution in [0.1, 0.15) is 51.8 Å². The highest BCUT2D eigenvalue weighted by molar-refractivity contribution is 5.01. The summed E-state index contributed by atoms with van der Waals surface area (Å²) in [6.45, 7) is 7.76. The summed E-state index contributed by atoms with van der Waals surface area (Å²) in [5, 5.41) is 11.5. The zero-order chi connectivity index (χ0) is 12.0. The van der Waals surface area contributed by atoms with Crippen LogP contribution in [0.3, 0.4) is 0 Å². The van der Waals surface area contributed by atoms with E-state index in [1.54, 1.807) is 0 Å². The van der Waals surface area contributed by atoms with Crippen molar-refractivity contribution in [2.24, 2.45) is 13.0 Å². The monoisotopic (exact) mass is 224 g/mol. The van der Waals surface area contributed by atoms with E-state index in [0.717, 1.165) is 25.3 Å². The van der Waals surface area contributed by atoms with Gasteiger partial charge in [0.2, 0.25) is 0 Å². The first-order valence-corrected chi connectivity index (χ1v) is 6.23. The zero-order valence-corrected chi connectivity index (χ0v) is 10.9. The Morgan fingerprint density at radius 1 is 1.38 bits per heavy atom. The molecule has 0 aliphatic heterocycles. The number of nitrogens with one attached hydrogen (secondary N) is 1. The van der Waals surface area contributed by atoms with E-state index in [1.807, 2.05) is 17.9 Å². The molecule has 0 aliphatic carbocycles. The number of aryl methyl sites for hydroxylation is 1. The van der Waals surface area contributed by atoms with Crippen LogP contribution in [0.5, 0.6) is 0 Å². The van der Waals surface area contributed by atoms with Crippen molar-refractivity contribution in [3.8, 4) is 0 Å². The number of rotatable bonds is 7. The molecule has 0 fully saturated rings. The van der Waals surface area contributed by atoms with Crippen molar-refractivity contribution in [1.29, 1.82) is 0 Å². The summed E-state index contributed by atoms with van der Waals surface area (Å²) in [5.41, 5.74) is 1.19. The first-order valence-electron chi connectivity index (χ1n) is 6.23. The van der Waals surface area contributed by atoms with E-state index in [1.165, 1.54) is 12.1 Å². The summed E-state index contributed by atoms with van der Waals surface area (Å²) in [4.78, 5) is 0. The van der Waals surface area contributed by atoms with Crippen LogP contribution in [0.25, 0.3) is 0 Å². The molecule has 0 spiro atoms. The van der Waals surface area contributed by atoms with Crippen molar-refractivity contribution in [3.63, 3.8) is 0 Å². The van der Waals surface area contributed by atoms with Gasteiger partial charge in [0.1, 0.15) is 0 Å². The Hall–Kier alpha value is -0.900. The minimum atomic E-state index is 0.391. The lowest BCUT2D eigenvalue weighted by molar-refractivity contribution is 0.421. The minimum absolute atomic E-state index is 0.391. The number of nitrogens with zero attached hydrogens (tertiary/aromatic N) is 3. The summed E-state index contributed by atoms with van der Waals surface area (Å²) in [5.74, 6) is 0.743. The van der Waals surface area contributed by atoms with Gasteiger partial charge in [0.05, 0.1) is 17.9 Å². The molecule has 0 saturated carbocycles. The molecule has 1 N–H and O–H groups in total. The van der Waals surface area contributed by atoms with Crippen LogP contribution < -0.4 is 5.32 Å². The second-order valence-electron chi connectivity index (χ2n) is 4.76. The fourth-order valence-electron chi connectivity index (χ4n) is 1.79. The molecule has 4 heteroatoms. The highest BCUT2D eigenvalue weighted by Gasteiger charge is 2.15. The van der Waals surface area contributed by atoms with Crippen LogP contribution in [0.15, 0.2) is 6.20 Å². The third kappa shape index (κ3) is 3.93. The Morgan fingerprint density at radius 2 is 2.12 bits per heavy atom. The Balaban J connectivity index is 2.60. The van der Waals surface area contributed by atoms with E-state index >= 15 is 0 Å². The SMILES string of the molecule is CCCNC(CCC(C)C)c1cnnn1C. The fourth-order valence-corrected chi connectivity index (χ4v) is 1.79. The van der Waals surface area contributed by atoms with Gasteiger partial charge in [-0.05, 0) is 31.7 Å². The molecule has 1 atom stereocenters. The van der Waals surface area contributed by atoms with E-state index in [2.05, 4.69) is 36.4 Å².